The maximum absolute atomic E-state index is 13.7. The van der Waals surface area contributed by atoms with Gasteiger partial charge in [-0.25, -0.2) is 0 Å². The van der Waals surface area contributed by atoms with Crippen LogP contribution in [0.25, 0.3) is 0 Å². The Kier molecular flexibility index (Phi) is 5.64. The van der Waals surface area contributed by atoms with E-state index in [1.165, 1.54) is 9.80 Å². The highest BCUT2D eigenvalue weighted by molar-refractivity contribution is 7.85. The van der Waals surface area contributed by atoms with Gasteiger partial charge in [-0.2, -0.15) is 21.6 Å². The van der Waals surface area contributed by atoms with Gasteiger partial charge in [-0.3, -0.25) is 4.55 Å². The smallest absolute Gasteiger partial charge is 0.342 e. The van der Waals surface area contributed by atoms with Crippen molar-refractivity contribution >= 4 is 21.5 Å². The van der Waals surface area contributed by atoms with Gasteiger partial charge in [-0.1, -0.05) is 25.5 Å². The third-order valence-corrected chi connectivity index (χ3v) is 4.74. The molecule has 1 aliphatic rings. The molecule has 2 rings (SSSR count). The van der Waals surface area contributed by atoms with Crippen LogP contribution in [0.4, 0.5) is 24.5 Å². The summed E-state index contributed by atoms with van der Waals surface area (Å²) in [6.07, 6.45) is -4.99. The lowest BCUT2D eigenvalue weighted by molar-refractivity contribution is -0.147. The van der Waals surface area contributed by atoms with E-state index in [9.17, 15) is 21.6 Å². The normalized spacial score (nSPS) is 18.1. The highest BCUT2D eigenvalue weighted by Gasteiger charge is 2.52. The number of nitrogens with zero attached hydrogens (tertiary/aromatic N) is 2. The Morgan fingerprint density at radius 3 is 2.00 bits per heavy atom. The number of hydrogen-bond donors (Lipinski definition) is 1. The molecule has 1 unspecified atom stereocenters. The maximum Gasteiger partial charge on any atom is 0.427 e. The van der Waals surface area contributed by atoms with E-state index < -0.39 is 28.2 Å². The summed E-state index contributed by atoms with van der Waals surface area (Å²) in [5.41, 5.74) is 0.936. The number of fused-ring (bicyclic) bond motifs is 1. The van der Waals surface area contributed by atoms with E-state index in [0.717, 1.165) is 6.42 Å². The number of anilines is 2. The van der Waals surface area contributed by atoms with Crippen LogP contribution in [0.3, 0.4) is 0 Å². The van der Waals surface area contributed by atoms with Crippen LogP contribution in [-0.2, 0) is 10.1 Å². The van der Waals surface area contributed by atoms with Gasteiger partial charge in [0.05, 0.1) is 17.1 Å². The molecule has 0 bridgehead atoms. The van der Waals surface area contributed by atoms with Crippen molar-refractivity contribution in [2.75, 3.05) is 28.6 Å². The molecule has 24 heavy (non-hydrogen) atoms. The van der Waals surface area contributed by atoms with Crippen molar-refractivity contribution in [2.45, 2.75) is 38.5 Å². The lowest BCUT2D eigenvalue weighted by Crippen LogP contribution is -2.53. The molecule has 0 saturated carbocycles. The van der Waals surface area contributed by atoms with Crippen molar-refractivity contribution in [3.63, 3.8) is 0 Å². The number of halogens is 3. The van der Waals surface area contributed by atoms with Gasteiger partial charge in [0.15, 0.2) is 0 Å². The summed E-state index contributed by atoms with van der Waals surface area (Å²) in [5.74, 6) is -0.564. The summed E-state index contributed by atoms with van der Waals surface area (Å²) in [7, 11) is -4.20. The zero-order valence-electron chi connectivity index (χ0n) is 13.3. The first-order valence-corrected chi connectivity index (χ1v) is 9.40. The minimum Gasteiger partial charge on any atom is -0.342 e. The third kappa shape index (κ3) is 4.32. The van der Waals surface area contributed by atoms with Gasteiger partial charge in [0.2, 0.25) is 6.17 Å². The first kappa shape index (κ1) is 18.9. The van der Waals surface area contributed by atoms with E-state index in [1.807, 2.05) is 6.92 Å². The fourth-order valence-corrected chi connectivity index (χ4v) is 3.46. The molecule has 136 valence electrons. The number of unbranched alkanes of at least 4 members (excludes halogenated alkanes) is 1. The SMILES string of the molecule is CCCCN1c2ccccc2N(CCCS(=O)(=O)O)C1C(F)(F)F. The Hall–Kier alpha value is -1.48. The second-order valence-electron chi connectivity index (χ2n) is 5.78. The van der Waals surface area contributed by atoms with E-state index in [0.29, 0.717) is 17.8 Å². The summed E-state index contributed by atoms with van der Waals surface area (Å²) in [6, 6.07) is 6.60. The average Bonchev–Trinajstić information content (AvgIpc) is 2.78. The van der Waals surface area contributed by atoms with E-state index in [-0.39, 0.29) is 19.5 Å². The molecule has 0 amide bonds. The lowest BCUT2D eigenvalue weighted by Gasteiger charge is -2.34. The number of benzene rings is 1. The Bertz CT molecular complexity index is 664. The second kappa shape index (κ2) is 7.18. The zero-order chi connectivity index (χ0) is 18.0. The zero-order valence-corrected chi connectivity index (χ0v) is 14.1. The Labute approximate surface area is 139 Å². The van der Waals surface area contributed by atoms with Crippen LogP contribution in [0, 0.1) is 0 Å². The number of alkyl halides is 3. The molecule has 0 spiro atoms. The van der Waals surface area contributed by atoms with Gasteiger partial charge in [-0.05, 0) is 25.0 Å². The molecule has 0 aliphatic carbocycles. The van der Waals surface area contributed by atoms with Crippen molar-refractivity contribution in [2.24, 2.45) is 0 Å². The molecule has 1 heterocycles. The number of rotatable bonds is 7. The van der Waals surface area contributed by atoms with Crippen molar-refractivity contribution in [3.05, 3.63) is 24.3 Å². The third-order valence-electron chi connectivity index (χ3n) is 3.94. The molecule has 1 N–H and O–H groups in total. The molecular formula is C15H21F3N2O3S. The number of para-hydroxylation sites is 2. The van der Waals surface area contributed by atoms with Crippen molar-refractivity contribution in [3.8, 4) is 0 Å². The van der Waals surface area contributed by atoms with E-state index in [1.54, 1.807) is 24.3 Å². The topological polar surface area (TPSA) is 60.9 Å². The van der Waals surface area contributed by atoms with Crippen LogP contribution in [-0.4, -0.2) is 44.2 Å². The van der Waals surface area contributed by atoms with E-state index in [4.69, 9.17) is 4.55 Å². The summed E-state index contributed by atoms with van der Waals surface area (Å²) in [4.78, 5) is 2.50. The van der Waals surface area contributed by atoms with Crippen LogP contribution in [0.5, 0.6) is 0 Å². The monoisotopic (exact) mass is 366 g/mol. The second-order valence-corrected chi connectivity index (χ2v) is 7.36. The van der Waals surface area contributed by atoms with Gasteiger partial charge in [0, 0.05) is 13.1 Å². The van der Waals surface area contributed by atoms with Gasteiger partial charge in [0.25, 0.3) is 10.1 Å². The molecule has 0 radical (unpaired) electrons. The molecule has 1 aromatic rings. The number of hydrogen-bond acceptors (Lipinski definition) is 4. The first-order valence-electron chi connectivity index (χ1n) is 7.79. The molecule has 1 atom stereocenters. The van der Waals surface area contributed by atoms with Crippen LogP contribution in [0.1, 0.15) is 26.2 Å². The fourth-order valence-electron chi connectivity index (χ4n) is 2.97. The largest absolute Gasteiger partial charge is 0.427 e. The van der Waals surface area contributed by atoms with Gasteiger partial charge in [0.1, 0.15) is 0 Å². The quantitative estimate of drug-likeness (QED) is 0.751. The predicted octanol–water partition coefficient (Wildman–Crippen LogP) is 3.28. The molecule has 0 aromatic heterocycles. The summed E-state index contributed by atoms with van der Waals surface area (Å²) < 4.78 is 71.5. The molecule has 1 aliphatic heterocycles. The van der Waals surface area contributed by atoms with Gasteiger partial charge >= 0.3 is 6.18 Å². The summed E-state index contributed by atoms with van der Waals surface area (Å²) in [6.45, 7) is 2.07. The Morgan fingerprint density at radius 2 is 1.58 bits per heavy atom. The van der Waals surface area contributed by atoms with Gasteiger partial charge in [-0.15, -0.1) is 0 Å². The summed E-state index contributed by atoms with van der Waals surface area (Å²) >= 11 is 0. The van der Waals surface area contributed by atoms with Gasteiger partial charge < -0.3 is 9.80 Å². The van der Waals surface area contributed by atoms with Crippen LogP contribution >= 0.6 is 0 Å². The van der Waals surface area contributed by atoms with Crippen LogP contribution in [0.15, 0.2) is 24.3 Å². The molecule has 5 nitrogen and oxygen atoms in total. The highest BCUT2D eigenvalue weighted by atomic mass is 32.2. The summed E-state index contributed by atoms with van der Waals surface area (Å²) in [5, 5.41) is 0. The van der Waals surface area contributed by atoms with E-state index >= 15 is 0 Å². The average molecular weight is 366 g/mol. The maximum atomic E-state index is 13.7. The Balaban J connectivity index is 2.31. The molecule has 9 heteroatoms. The highest BCUT2D eigenvalue weighted by Crippen LogP contribution is 2.45. The Morgan fingerprint density at radius 1 is 1.08 bits per heavy atom. The molecule has 1 aromatic carbocycles. The van der Waals surface area contributed by atoms with Crippen LogP contribution in [0.2, 0.25) is 0 Å². The molecule has 0 fully saturated rings. The van der Waals surface area contributed by atoms with E-state index in [2.05, 4.69) is 0 Å². The van der Waals surface area contributed by atoms with Crippen LogP contribution < -0.4 is 9.80 Å². The molecule has 0 saturated heterocycles. The van der Waals surface area contributed by atoms with Crippen molar-refractivity contribution in [1.29, 1.82) is 0 Å². The predicted molar refractivity (Wildman–Crippen MR) is 86.9 cm³/mol. The lowest BCUT2D eigenvalue weighted by atomic mass is 10.2. The minimum atomic E-state index is -4.48. The standard InChI is InChI=1S/C15H21F3N2O3S/c1-2-3-9-19-12-7-4-5-8-13(12)20(14(19)15(16,17)18)10-6-11-24(21,22)23/h4-5,7-8,14H,2-3,6,9-11H2,1H3,(H,21,22,23). The molecular weight excluding hydrogens is 345 g/mol. The van der Waals surface area contributed by atoms with Crippen molar-refractivity contribution < 1.29 is 26.1 Å². The fraction of sp³-hybridized carbons (Fsp3) is 0.600. The first-order chi connectivity index (χ1) is 11.1. The van der Waals surface area contributed by atoms with Crippen molar-refractivity contribution in [1.82, 2.24) is 0 Å². The minimum absolute atomic E-state index is 0.0820.